The summed E-state index contributed by atoms with van der Waals surface area (Å²) < 4.78 is 0. The quantitative estimate of drug-likeness (QED) is 0.820. The van der Waals surface area contributed by atoms with Crippen molar-refractivity contribution < 1.29 is 9.90 Å². The summed E-state index contributed by atoms with van der Waals surface area (Å²) in [5.41, 5.74) is 0.705. The SMILES string of the molecule is Cc1nc(/C=C/C(=O)NCC2(CO)CCCCC2)cs1. The highest BCUT2D eigenvalue weighted by Crippen LogP contribution is 2.35. The van der Waals surface area contributed by atoms with Crippen molar-refractivity contribution in [2.45, 2.75) is 39.0 Å². The number of nitrogens with zero attached hydrogens (tertiary/aromatic N) is 1. The van der Waals surface area contributed by atoms with E-state index in [1.54, 1.807) is 17.4 Å². The average Bonchev–Trinajstić information content (AvgIpc) is 2.89. The third kappa shape index (κ3) is 4.15. The van der Waals surface area contributed by atoms with Gasteiger partial charge in [0.2, 0.25) is 5.91 Å². The van der Waals surface area contributed by atoms with Gasteiger partial charge in [-0.1, -0.05) is 19.3 Å². The molecule has 0 aliphatic heterocycles. The number of aliphatic hydroxyl groups excluding tert-OH is 1. The van der Waals surface area contributed by atoms with E-state index in [2.05, 4.69) is 10.3 Å². The predicted molar refractivity (Wildman–Crippen MR) is 81.5 cm³/mol. The molecule has 110 valence electrons. The van der Waals surface area contributed by atoms with Crippen LogP contribution in [0.1, 0.15) is 42.8 Å². The van der Waals surface area contributed by atoms with E-state index < -0.39 is 0 Å². The molecule has 1 aliphatic carbocycles. The lowest BCUT2D eigenvalue weighted by Crippen LogP contribution is -2.40. The van der Waals surface area contributed by atoms with Crippen molar-refractivity contribution in [2.24, 2.45) is 5.41 Å². The molecule has 1 aromatic rings. The van der Waals surface area contributed by atoms with E-state index in [1.807, 2.05) is 12.3 Å². The van der Waals surface area contributed by atoms with Crippen LogP contribution < -0.4 is 5.32 Å². The Bertz CT molecular complexity index is 476. The number of thiazole rings is 1. The first kappa shape index (κ1) is 15.2. The Hall–Kier alpha value is -1.20. The van der Waals surface area contributed by atoms with E-state index in [-0.39, 0.29) is 17.9 Å². The molecule has 1 amide bonds. The lowest BCUT2D eigenvalue weighted by molar-refractivity contribution is -0.117. The normalized spacial score (nSPS) is 18.3. The number of carbonyl (C=O) groups excluding carboxylic acids is 1. The van der Waals surface area contributed by atoms with Gasteiger partial charge in [-0.2, -0.15) is 0 Å². The molecule has 0 atom stereocenters. The van der Waals surface area contributed by atoms with E-state index in [1.165, 1.54) is 12.5 Å². The van der Waals surface area contributed by atoms with Crippen LogP contribution in [-0.2, 0) is 4.79 Å². The molecule has 0 bridgehead atoms. The minimum Gasteiger partial charge on any atom is -0.396 e. The van der Waals surface area contributed by atoms with Crippen LogP contribution in [0, 0.1) is 12.3 Å². The predicted octanol–water partition coefficient (Wildman–Crippen LogP) is 2.52. The summed E-state index contributed by atoms with van der Waals surface area (Å²) in [7, 11) is 0. The van der Waals surface area contributed by atoms with Crippen LogP contribution in [0.4, 0.5) is 0 Å². The van der Waals surface area contributed by atoms with Gasteiger partial charge in [-0.05, 0) is 25.8 Å². The van der Waals surface area contributed by atoms with Crippen LogP contribution in [-0.4, -0.2) is 29.1 Å². The number of aryl methyl sites for hydroxylation is 1. The second kappa shape index (κ2) is 6.99. The molecule has 1 aromatic heterocycles. The van der Waals surface area contributed by atoms with Gasteiger partial charge in [0.15, 0.2) is 0 Å². The highest BCUT2D eigenvalue weighted by Gasteiger charge is 2.31. The summed E-state index contributed by atoms with van der Waals surface area (Å²) in [6, 6.07) is 0. The zero-order chi connectivity index (χ0) is 14.4. The van der Waals surface area contributed by atoms with E-state index in [0.717, 1.165) is 36.4 Å². The first-order chi connectivity index (χ1) is 9.63. The molecule has 0 aromatic carbocycles. The number of hydrogen-bond acceptors (Lipinski definition) is 4. The van der Waals surface area contributed by atoms with Gasteiger partial charge in [-0.15, -0.1) is 11.3 Å². The molecule has 1 aliphatic rings. The Balaban J connectivity index is 1.83. The first-order valence-corrected chi connectivity index (χ1v) is 8.00. The Morgan fingerprint density at radius 2 is 2.25 bits per heavy atom. The van der Waals surface area contributed by atoms with Gasteiger partial charge >= 0.3 is 0 Å². The molecule has 0 saturated heterocycles. The third-order valence-electron chi connectivity index (χ3n) is 3.93. The zero-order valence-electron chi connectivity index (χ0n) is 11.9. The van der Waals surface area contributed by atoms with Crippen LogP contribution in [0.25, 0.3) is 6.08 Å². The van der Waals surface area contributed by atoms with Crippen molar-refractivity contribution in [3.05, 3.63) is 22.2 Å². The smallest absolute Gasteiger partial charge is 0.244 e. The topological polar surface area (TPSA) is 62.2 Å². The van der Waals surface area contributed by atoms with Crippen LogP contribution >= 0.6 is 11.3 Å². The monoisotopic (exact) mass is 294 g/mol. The standard InChI is InChI=1S/C15H22N2O2S/c1-12-17-13(9-20-12)5-6-14(19)16-10-15(11-18)7-3-2-4-8-15/h5-6,9,18H,2-4,7-8,10-11H2,1H3,(H,16,19)/b6-5+. The summed E-state index contributed by atoms with van der Waals surface area (Å²) in [4.78, 5) is 16.1. The fourth-order valence-corrected chi connectivity index (χ4v) is 3.22. The van der Waals surface area contributed by atoms with Crippen LogP contribution in [0.3, 0.4) is 0 Å². The summed E-state index contributed by atoms with van der Waals surface area (Å²) >= 11 is 1.57. The summed E-state index contributed by atoms with van der Waals surface area (Å²) in [6.45, 7) is 2.65. The minimum atomic E-state index is -0.117. The molecule has 2 rings (SSSR count). The van der Waals surface area contributed by atoms with Crippen molar-refractivity contribution >= 4 is 23.3 Å². The van der Waals surface area contributed by atoms with Gasteiger partial charge in [0, 0.05) is 23.4 Å². The maximum Gasteiger partial charge on any atom is 0.244 e. The van der Waals surface area contributed by atoms with Gasteiger partial charge in [0.05, 0.1) is 17.3 Å². The van der Waals surface area contributed by atoms with Gasteiger partial charge in [0.25, 0.3) is 0 Å². The molecule has 5 heteroatoms. The Morgan fingerprint density at radius 1 is 1.50 bits per heavy atom. The van der Waals surface area contributed by atoms with Gasteiger partial charge in [-0.25, -0.2) is 4.98 Å². The van der Waals surface area contributed by atoms with Crippen molar-refractivity contribution in [3.63, 3.8) is 0 Å². The maximum absolute atomic E-state index is 11.8. The second-order valence-corrected chi connectivity index (χ2v) is 6.62. The molecule has 0 unspecified atom stereocenters. The van der Waals surface area contributed by atoms with Crippen molar-refractivity contribution in [1.29, 1.82) is 0 Å². The Kier molecular flexibility index (Phi) is 5.31. The second-order valence-electron chi connectivity index (χ2n) is 5.56. The van der Waals surface area contributed by atoms with Crippen LogP contribution in [0.2, 0.25) is 0 Å². The number of hydrogen-bond donors (Lipinski definition) is 2. The van der Waals surface area contributed by atoms with Crippen molar-refractivity contribution in [2.75, 3.05) is 13.2 Å². The van der Waals surface area contributed by atoms with E-state index in [4.69, 9.17) is 0 Å². The molecule has 2 N–H and O–H groups in total. The van der Waals surface area contributed by atoms with Crippen molar-refractivity contribution in [3.8, 4) is 0 Å². The molecule has 1 saturated carbocycles. The van der Waals surface area contributed by atoms with Gasteiger partial charge < -0.3 is 10.4 Å². The molecular formula is C15H22N2O2S. The number of rotatable bonds is 5. The molecule has 20 heavy (non-hydrogen) atoms. The lowest BCUT2D eigenvalue weighted by Gasteiger charge is -2.35. The number of amides is 1. The van der Waals surface area contributed by atoms with E-state index >= 15 is 0 Å². The third-order valence-corrected chi connectivity index (χ3v) is 4.72. The maximum atomic E-state index is 11.8. The van der Waals surface area contributed by atoms with Crippen LogP contribution in [0.15, 0.2) is 11.5 Å². The fourth-order valence-electron chi connectivity index (χ4n) is 2.64. The van der Waals surface area contributed by atoms with Crippen molar-refractivity contribution in [1.82, 2.24) is 10.3 Å². The van der Waals surface area contributed by atoms with Gasteiger partial charge in [-0.3, -0.25) is 4.79 Å². The number of carbonyl (C=O) groups is 1. The number of nitrogens with one attached hydrogen (secondary N) is 1. The number of aromatic nitrogens is 1. The van der Waals surface area contributed by atoms with Gasteiger partial charge in [0.1, 0.15) is 0 Å². The summed E-state index contributed by atoms with van der Waals surface area (Å²) in [5, 5.41) is 15.4. The number of aliphatic hydroxyl groups is 1. The molecular weight excluding hydrogens is 272 g/mol. The summed E-state index contributed by atoms with van der Waals surface area (Å²) in [5.74, 6) is -0.117. The molecule has 0 spiro atoms. The van der Waals surface area contributed by atoms with E-state index in [9.17, 15) is 9.90 Å². The lowest BCUT2D eigenvalue weighted by atomic mass is 9.74. The highest BCUT2D eigenvalue weighted by atomic mass is 32.1. The average molecular weight is 294 g/mol. The van der Waals surface area contributed by atoms with E-state index in [0.29, 0.717) is 6.54 Å². The Morgan fingerprint density at radius 3 is 2.85 bits per heavy atom. The highest BCUT2D eigenvalue weighted by molar-refractivity contribution is 7.09. The molecule has 0 radical (unpaired) electrons. The zero-order valence-corrected chi connectivity index (χ0v) is 12.7. The summed E-state index contributed by atoms with van der Waals surface area (Å²) in [6.07, 6.45) is 8.76. The Labute approximate surface area is 123 Å². The molecule has 4 nitrogen and oxygen atoms in total. The first-order valence-electron chi connectivity index (χ1n) is 7.12. The minimum absolute atomic E-state index is 0.112. The molecule has 1 heterocycles. The van der Waals surface area contributed by atoms with Crippen LogP contribution in [0.5, 0.6) is 0 Å². The fraction of sp³-hybridized carbons (Fsp3) is 0.600. The molecule has 1 fully saturated rings. The largest absolute Gasteiger partial charge is 0.396 e.